The van der Waals surface area contributed by atoms with Crippen molar-refractivity contribution in [2.75, 3.05) is 23.8 Å². The van der Waals surface area contributed by atoms with Crippen molar-refractivity contribution < 1.29 is 13.2 Å². The first-order chi connectivity index (χ1) is 10.7. The van der Waals surface area contributed by atoms with E-state index in [0.717, 1.165) is 27.1 Å². The van der Waals surface area contributed by atoms with Gasteiger partial charge in [0, 0.05) is 17.2 Å². The highest BCUT2D eigenvalue weighted by Gasteiger charge is 2.16. The van der Waals surface area contributed by atoms with Crippen molar-refractivity contribution in [3.05, 3.63) is 34.4 Å². The predicted molar refractivity (Wildman–Crippen MR) is 94.3 cm³/mol. The van der Waals surface area contributed by atoms with Gasteiger partial charge in [-0.2, -0.15) is 0 Å². The molecule has 1 aromatic carbocycles. The van der Waals surface area contributed by atoms with Gasteiger partial charge in [0.15, 0.2) is 9.34 Å². The number of carbonyl (C=O) groups excluding carboxylic acids is 1. The first-order valence-corrected chi connectivity index (χ1v) is 9.58. The van der Waals surface area contributed by atoms with E-state index in [9.17, 15) is 13.2 Å². The van der Waals surface area contributed by atoms with Crippen LogP contribution in [0, 0.1) is 6.92 Å². The molecule has 0 aliphatic carbocycles. The zero-order valence-electron chi connectivity index (χ0n) is 12.4. The van der Waals surface area contributed by atoms with E-state index < -0.39 is 10.0 Å². The Kier molecular flexibility index (Phi) is 5.40. The number of aromatic nitrogens is 1. The SMILES string of the molecule is Cc1cc(Br)ccc1NC(=O)CN(C)c1ncc(S(N)(=O)=O)s1. The van der Waals surface area contributed by atoms with Gasteiger partial charge in [-0.25, -0.2) is 18.5 Å². The molecule has 2 aromatic rings. The van der Waals surface area contributed by atoms with Crippen molar-refractivity contribution in [3.8, 4) is 0 Å². The summed E-state index contributed by atoms with van der Waals surface area (Å²) < 4.78 is 23.4. The Bertz CT molecular complexity index is 835. The lowest BCUT2D eigenvalue weighted by Gasteiger charge is -2.16. The topological polar surface area (TPSA) is 105 Å². The van der Waals surface area contributed by atoms with Crippen molar-refractivity contribution >= 4 is 54.0 Å². The largest absolute Gasteiger partial charge is 0.342 e. The van der Waals surface area contributed by atoms with Crippen molar-refractivity contribution in [2.45, 2.75) is 11.1 Å². The zero-order valence-corrected chi connectivity index (χ0v) is 15.6. The molecular formula is C13H15BrN4O3S2. The van der Waals surface area contributed by atoms with Crippen LogP contribution in [0.5, 0.6) is 0 Å². The molecule has 1 aromatic heterocycles. The van der Waals surface area contributed by atoms with E-state index in [4.69, 9.17) is 5.14 Å². The Hall–Kier alpha value is -1.49. The maximum absolute atomic E-state index is 12.1. The van der Waals surface area contributed by atoms with E-state index >= 15 is 0 Å². The summed E-state index contributed by atoms with van der Waals surface area (Å²) in [6, 6.07) is 5.55. The minimum absolute atomic E-state index is 0.0348. The first-order valence-electron chi connectivity index (χ1n) is 6.42. The smallest absolute Gasteiger partial charge is 0.249 e. The number of sulfonamides is 1. The van der Waals surface area contributed by atoms with Crippen LogP contribution in [0.4, 0.5) is 10.8 Å². The molecule has 124 valence electrons. The standard InChI is InChI=1S/C13H15BrN4O3S2/c1-8-5-9(14)3-4-10(8)17-11(19)7-18(2)13-16-6-12(22-13)23(15,20)21/h3-6H,7H2,1-2H3,(H,17,19)(H2,15,20,21). The third-order valence-electron chi connectivity index (χ3n) is 2.92. The number of thiazole rings is 1. The fraction of sp³-hybridized carbons (Fsp3) is 0.231. The number of primary sulfonamides is 1. The number of rotatable bonds is 5. The molecule has 23 heavy (non-hydrogen) atoms. The summed E-state index contributed by atoms with van der Waals surface area (Å²) in [6.45, 7) is 1.93. The molecule has 0 radical (unpaired) electrons. The van der Waals surface area contributed by atoms with Crippen LogP contribution in [-0.4, -0.2) is 32.9 Å². The number of anilines is 2. The van der Waals surface area contributed by atoms with Gasteiger partial charge in [-0.1, -0.05) is 27.3 Å². The minimum Gasteiger partial charge on any atom is -0.342 e. The molecule has 3 N–H and O–H groups in total. The Morgan fingerprint density at radius 2 is 2.17 bits per heavy atom. The highest BCUT2D eigenvalue weighted by Crippen LogP contribution is 2.24. The van der Waals surface area contributed by atoms with Crippen LogP contribution in [0.25, 0.3) is 0 Å². The summed E-state index contributed by atoms with van der Waals surface area (Å²) in [5.41, 5.74) is 1.65. The number of carbonyl (C=O) groups is 1. The Balaban J connectivity index is 2.03. The second-order valence-electron chi connectivity index (χ2n) is 4.87. The molecule has 2 rings (SSSR count). The number of benzene rings is 1. The number of amides is 1. The predicted octanol–water partition coefficient (Wildman–Crippen LogP) is 1.94. The highest BCUT2D eigenvalue weighted by molar-refractivity contribution is 9.10. The monoisotopic (exact) mass is 418 g/mol. The molecule has 0 aliphatic rings. The van der Waals surface area contributed by atoms with E-state index in [0.29, 0.717) is 5.13 Å². The van der Waals surface area contributed by atoms with Gasteiger partial charge in [-0.05, 0) is 30.7 Å². The second-order valence-corrected chi connectivity index (χ2v) is 8.58. The number of nitrogens with one attached hydrogen (secondary N) is 1. The second kappa shape index (κ2) is 6.95. The summed E-state index contributed by atoms with van der Waals surface area (Å²) in [6.07, 6.45) is 1.18. The Morgan fingerprint density at radius 1 is 1.48 bits per heavy atom. The molecule has 0 saturated heterocycles. The quantitative estimate of drug-likeness (QED) is 0.771. The fourth-order valence-corrected chi connectivity index (χ4v) is 3.77. The van der Waals surface area contributed by atoms with Crippen LogP contribution in [0.3, 0.4) is 0 Å². The van der Waals surface area contributed by atoms with Gasteiger partial charge >= 0.3 is 0 Å². The lowest BCUT2D eigenvalue weighted by Crippen LogP contribution is -2.30. The molecule has 0 aliphatic heterocycles. The minimum atomic E-state index is -3.78. The molecule has 0 saturated carbocycles. The van der Waals surface area contributed by atoms with Gasteiger partial charge in [-0.15, -0.1) is 0 Å². The molecule has 0 bridgehead atoms. The number of hydrogen-bond acceptors (Lipinski definition) is 6. The van der Waals surface area contributed by atoms with Crippen LogP contribution in [-0.2, 0) is 14.8 Å². The zero-order chi connectivity index (χ0) is 17.2. The third-order valence-corrected chi connectivity index (χ3v) is 5.94. The van der Waals surface area contributed by atoms with Crippen LogP contribution >= 0.6 is 27.3 Å². The lowest BCUT2D eigenvalue weighted by molar-refractivity contribution is -0.114. The van der Waals surface area contributed by atoms with E-state index in [-0.39, 0.29) is 16.7 Å². The number of nitrogens with zero attached hydrogens (tertiary/aromatic N) is 2. The molecule has 1 amide bonds. The third kappa shape index (κ3) is 4.74. The summed E-state index contributed by atoms with van der Waals surface area (Å²) in [4.78, 5) is 17.6. The van der Waals surface area contributed by atoms with E-state index in [2.05, 4.69) is 26.2 Å². The maximum Gasteiger partial charge on any atom is 0.249 e. The summed E-state index contributed by atoms with van der Waals surface area (Å²) >= 11 is 4.28. The Morgan fingerprint density at radius 3 is 2.74 bits per heavy atom. The van der Waals surface area contributed by atoms with Crippen LogP contribution in [0.1, 0.15) is 5.56 Å². The van der Waals surface area contributed by atoms with Crippen molar-refractivity contribution in [1.82, 2.24) is 4.98 Å². The molecular weight excluding hydrogens is 404 g/mol. The fourth-order valence-electron chi connectivity index (χ4n) is 1.80. The number of hydrogen-bond donors (Lipinski definition) is 2. The average molecular weight is 419 g/mol. The molecule has 10 heteroatoms. The highest BCUT2D eigenvalue weighted by atomic mass is 79.9. The average Bonchev–Trinajstić information content (AvgIpc) is 2.91. The molecule has 0 spiro atoms. The van der Waals surface area contributed by atoms with Gasteiger partial charge < -0.3 is 10.2 Å². The van der Waals surface area contributed by atoms with Gasteiger partial charge in [0.05, 0.1) is 12.7 Å². The van der Waals surface area contributed by atoms with Crippen molar-refractivity contribution in [3.63, 3.8) is 0 Å². The van der Waals surface area contributed by atoms with Gasteiger partial charge in [0.1, 0.15) is 0 Å². The van der Waals surface area contributed by atoms with E-state index in [1.54, 1.807) is 18.0 Å². The normalized spacial score (nSPS) is 11.3. The maximum atomic E-state index is 12.1. The Labute approximate surface area is 146 Å². The summed E-state index contributed by atoms with van der Waals surface area (Å²) in [5.74, 6) is -0.231. The van der Waals surface area contributed by atoms with Crippen LogP contribution < -0.4 is 15.4 Å². The molecule has 1 heterocycles. The summed E-state index contributed by atoms with van der Waals surface area (Å²) in [7, 11) is -2.13. The van der Waals surface area contributed by atoms with E-state index in [1.165, 1.54) is 6.20 Å². The molecule has 0 atom stereocenters. The number of halogens is 1. The van der Waals surface area contributed by atoms with Crippen LogP contribution in [0.2, 0.25) is 0 Å². The van der Waals surface area contributed by atoms with Gasteiger partial charge in [0.2, 0.25) is 15.9 Å². The molecule has 0 unspecified atom stereocenters. The summed E-state index contributed by atoms with van der Waals surface area (Å²) in [5, 5.41) is 8.25. The van der Waals surface area contributed by atoms with Gasteiger partial charge in [-0.3, -0.25) is 4.79 Å². The van der Waals surface area contributed by atoms with Crippen molar-refractivity contribution in [1.29, 1.82) is 0 Å². The van der Waals surface area contributed by atoms with Gasteiger partial charge in [0.25, 0.3) is 0 Å². The number of aryl methyl sites for hydroxylation is 1. The van der Waals surface area contributed by atoms with Crippen LogP contribution in [0.15, 0.2) is 33.1 Å². The lowest BCUT2D eigenvalue weighted by atomic mass is 10.2. The van der Waals surface area contributed by atoms with Crippen molar-refractivity contribution in [2.24, 2.45) is 5.14 Å². The first kappa shape index (κ1) is 17.9. The number of likely N-dealkylation sites (N-methyl/N-ethyl adjacent to an activating group) is 1. The van der Waals surface area contributed by atoms with E-state index in [1.807, 2.05) is 19.1 Å². The molecule has 7 nitrogen and oxygen atoms in total. The molecule has 0 fully saturated rings. The number of nitrogens with two attached hydrogens (primary N) is 1.